The Labute approximate surface area is 155 Å². The maximum absolute atomic E-state index is 6.01. The molecule has 0 fully saturated rings. The predicted molar refractivity (Wildman–Crippen MR) is 108 cm³/mol. The van der Waals surface area contributed by atoms with Crippen LogP contribution in [-0.2, 0) is 0 Å². The number of benzene rings is 2. The van der Waals surface area contributed by atoms with Gasteiger partial charge in [0.15, 0.2) is 5.76 Å². The van der Waals surface area contributed by atoms with E-state index in [0.717, 1.165) is 32.8 Å². The molecule has 0 aliphatic heterocycles. The van der Waals surface area contributed by atoms with Gasteiger partial charge in [-0.1, -0.05) is 54.6 Å². The van der Waals surface area contributed by atoms with Gasteiger partial charge in [0.1, 0.15) is 11.3 Å². The third-order valence-corrected chi connectivity index (χ3v) is 4.69. The van der Waals surface area contributed by atoms with E-state index in [1.54, 1.807) is 6.08 Å². The van der Waals surface area contributed by atoms with Crippen molar-refractivity contribution in [2.24, 2.45) is 10.1 Å². The first kappa shape index (κ1) is 16.3. The number of hydrogen-bond donors (Lipinski definition) is 0. The Morgan fingerprint density at radius 3 is 2.69 bits per heavy atom. The lowest BCUT2D eigenvalue weighted by Gasteiger charge is -2.00. The van der Waals surface area contributed by atoms with Crippen LogP contribution in [0.2, 0.25) is 0 Å². The van der Waals surface area contributed by atoms with Crippen molar-refractivity contribution in [2.45, 2.75) is 0 Å². The van der Waals surface area contributed by atoms with Crippen LogP contribution in [-0.4, -0.2) is 17.4 Å². The Morgan fingerprint density at radius 2 is 1.88 bits per heavy atom. The van der Waals surface area contributed by atoms with Gasteiger partial charge in [-0.15, -0.1) is 17.9 Å². The second kappa shape index (κ2) is 7.37. The van der Waals surface area contributed by atoms with Gasteiger partial charge in [0.2, 0.25) is 4.80 Å². The molecule has 2 aromatic carbocycles. The molecule has 0 radical (unpaired) electrons. The van der Waals surface area contributed by atoms with E-state index in [1.165, 1.54) is 11.3 Å². The van der Waals surface area contributed by atoms with Crippen LogP contribution in [0.4, 0.5) is 0 Å². The number of nitrogens with zero attached hydrogens (tertiary/aromatic N) is 3. The molecule has 128 valence electrons. The molecule has 0 N–H and O–H groups in total. The summed E-state index contributed by atoms with van der Waals surface area (Å²) < 4.78 is 7.83. The van der Waals surface area contributed by atoms with Crippen LogP contribution in [0.5, 0.6) is 0 Å². The van der Waals surface area contributed by atoms with E-state index in [1.807, 2.05) is 76.9 Å². The first-order chi connectivity index (χ1) is 12.8. The molecule has 0 saturated heterocycles. The molecule has 2 heterocycles. The Bertz CT molecular complexity index is 1100. The SMILES string of the molecule is C=CCN=c1scc(-c2cc3ccccc3o2)n1N=Cc1ccccc1. The van der Waals surface area contributed by atoms with Crippen LogP contribution in [0.3, 0.4) is 0 Å². The normalized spacial score (nSPS) is 12.2. The van der Waals surface area contributed by atoms with Crippen LogP contribution in [0.1, 0.15) is 5.56 Å². The van der Waals surface area contributed by atoms with Crippen molar-refractivity contribution in [3.8, 4) is 11.5 Å². The number of furan rings is 1. The topological polar surface area (TPSA) is 42.8 Å². The molecule has 2 aromatic heterocycles. The number of fused-ring (bicyclic) bond motifs is 1. The third kappa shape index (κ3) is 3.30. The van der Waals surface area contributed by atoms with Gasteiger partial charge >= 0.3 is 0 Å². The van der Waals surface area contributed by atoms with Crippen molar-refractivity contribution < 1.29 is 4.42 Å². The Kier molecular flexibility index (Phi) is 4.62. The highest BCUT2D eigenvalue weighted by Gasteiger charge is 2.12. The second-order valence-electron chi connectivity index (χ2n) is 5.65. The highest BCUT2D eigenvalue weighted by Crippen LogP contribution is 2.28. The highest BCUT2D eigenvalue weighted by atomic mass is 32.1. The molecule has 4 nitrogen and oxygen atoms in total. The zero-order valence-electron chi connectivity index (χ0n) is 14.1. The van der Waals surface area contributed by atoms with Crippen LogP contribution in [0.15, 0.2) is 93.2 Å². The van der Waals surface area contributed by atoms with Crippen molar-refractivity contribution in [2.75, 3.05) is 6.54 Å². The van der Waals surface area contributed by atoms with Crippen LogP contribution < -0.4 is 4.80 Å². The Hall–Kier alpha value is -3.18. The van der Waals surface area contributed by atoms with Gasteiger partial charge in [0.05, 0.1) is 12.8 Å². The fourth-order valence-electron chi connectivity index (χ4n) is 2.60. The number of para-hydroxylation sites is 1. The molecule has 0 spiro atoms. The highest BCUT2D eigenvalue weighted by molar-refractivity contribution is 7.07. The van der Waals surface area contributed by atoms with Gasteiger partial charge in [-0.3, -0.25) is 4.99 Å². The summed E-state index contributed by atoms with van der Waals surface area (Å²) in [6.45, 7) is 4.28. The summed E-state index contributed by atoms with van der Waals surface area (Å²) in [5.41, 5.74) is 2.76. The molecule has 0 unspecified atom stereocenters. The lowest BCUT2D eigenvalue weighted by Crippen LogP contribution is -2.12. The molecule has 0 saturated carbocycles. The summed E-state index contributed by atoms with van der Waals surface area (Å²) in [5.74, 6) is 0.771. The van der Waals surface area contributed by atoms with E-state index >= 15 is 0 Å². The third-order valence-electron chi connectivity index (χ3n) is 3.84. The summed E-state index contributed by atoms with van der Waals surface area (Å²) >= 11 is 1.53. The molecular formula is C21H17N3OS. The summed E-state index contributed by atoms with van der Waals surface area (Å²) in [4.78, 5) is 5.34. The van der Waals surface area contributed by atoms with Gasteiger partial charge in [0, 0.05) is 10.8 Å². The predicted octanol–water partition coefficient (Wildman–Crippen LogP) is 4.93. The molecule has 5 heteroatoms. The maximum atomic E-state index is 6.01. The fourth-order valence-corrected chi connectivity index (χ4v) is 3.43. The summed E-state index contributed by atoms with van der Waals surface area (Å²) in [6, 6.07) is 20.0. The zero-order valence-corrected chi connectivity index (χ0v) is 14.9. The lowest BCUT2D eigenvalue weighted by molar-refractivity contribution is 0.621. The van der Waals surface area contributed by atoms with Gasteiger partial charge in [-0.25, -0.2) is 4.68 Å². The second-order valence-corrected chi connectivity index (χ2v) is 6.48. The summed E-state index contributed by atoms with van der Waals surface area (Å²) in [5, 5.41) is 7.73. The molecule has 0 aliphatic rings. The first-order valence-corrected chi connectivity index (χ1v) is 9.13. The van der Waals surface area contributed by atoms with Gasteiger partial charge in [-0.05, 0) is 17.7 Å². The first-order valence-electron chi connectivity index (χ1n) is 8.25. The fraction of sp³-hybridized carbons (Fsp3) is 0.0476. The van der Waals surface area contributed by atoms with E-state index < -0.39 is 0 Å². The van der Waals surface area contributed by atoms with Gasteiger partial charge in [-0.2, -0.15) is 5.10 Å². The number of hydrogen-bond acceptors (Lipinski definition) is 4. The standard InChI is InChI=1S/C21H17N3OS/c1-2-12-22-21-24(23-14-16-8-4-3-5-9-16)18(15-26-21)20-13-17-10-6-7-11-19(17)25-20/h2-11,13-15H,1,12H2. The minimum atomic E-state index is 0.543. The molecule has 0 bridgehead atoms. The van der Waals surface area contributed by atoms with Crippen molar-refractivity contribution in [1.82, 2.24) is 4.68 Å². The van der Waals surface area contributed by atoms with Crippen molar-refractivity contribution in [3.05, 3.63) is 89.1 Å². The average Bonchev–Trinajstić information content (AvgIpc) is 3.29. The van der Waals surface area contributed by atoms with E-state index in [9.17, 15) is 0 Å². The summed E-state index contributed by atoms with van der Waals surface area (Å²) in [6.07, 6.45) is 3.59. The molecule has 0 aliphatic carbocycles. The molecule has 4 aromatic rings. The lowest BCUT2D eigenvalue weighted by atomic mass is 10.2. The molecular weight excluding hydrogens is 342 g/mol. The van der Waals surface area contributed by atoms with E-state index in [2.05, 4.69) is 16.7 Å². The number of rotatable bonds is 5. The molecule has 0 amide bonds. The smallest absolute Gasteiger partial charge is 0.206 e. The van der Waals surface area contributed by atoms with Crippen LogP contribution in [0.25, 0.3) is 22.4 Å². The monoisotopic (exact) mass is 359 g/mol. The maximum Gasteiger partial charge on any atom is 0.206 e. The number of thiazole rings is 1. The van der Waals surface area contributed by atoms with Gasteiger partial charge < -0.3 is 4.42 Å². The van der Waals surface area contributed by atoms with Crippen molar-refractivity contribution in [3.63, 3.8) is 0 Å². The molecule has 26 heavy (non-hydrogen) atoms. The van der Waals surface area contributed by atoms with E-state index in [4.69, 9.17) is 4.42 Å². The molecule has 4 rings (SSSR count). The van der Waals surface area contributed by atoms with E-state index in [0.29, 0.717) is 6.54 Å². The van der Waals surface area contributed by atoms with E-state index in [-0.39, 0.29) is 0 Å². The van der Waals surface area contributed by atoms with Gasteiger partial charge in [0.25, 0.3) is 0 Å². The van der Waals surface area contributed by atoms with Crippen LogP contribution >= 0.6 is 11.3 Å². The largest absolute Gasteiger partial charge is 0.454 e. The quantitative estimate of drug-likeness (QED) is 0.368. The Morgan fingerprint density at radius 1 is 1.08 bits per heavy atom. The average molecular weight is 359 g/mol. The van der Waals surface area contributed by atoms with Crippen LogP contribution in [0, 0.1) is 0 Å². The zero-order chi connectivity index (χ0) is 17.8. The Balaban J connectivity index is 1.83. The number of aromatic nitrogens is 1. The molecule has 0 atom stereocenters. The minimum Gasteiger partial charge on any atom is -0.454 e. The van der Waals surface area contributed by atoms with Crippen molar-refractivity contribution >= 4 is 28.5 Å². The minimum absolute atomic E-state index is 0.543. The summed E-state index contributed by atoms with van der Waals surface area (Å²) in [7, 11) is 0. The van der Waals surface area contributed by atoms with Crippen molar-refractivity contribution in [1.29, 1.82) is 0 Å².